The minimum atomic E-state index is -0.362. The van der Waals surface area contributed by atoms with Crippen molar-refractivity contribution in [3.05, 3.63) is 70.5 Å². The molecule has 1 heterocycles. The molecule has 0 aliphatic rings. The molecule has 6 nitrogen and oxygen atoms in total. The Morgan fingerprint density at radius 2 is 1.91 bits per heavy atom. The van der Waals surface area contributed by atoms with Gasteiger partial charge < -0.3 is 9.88 Å². The van der Waals surface area contributed by atoms with E-state index in [1.165, 1.54) is 11.8 Å². The smallest absolute Gasteiger partial charge is 0.237 e. The average Bonchev–Trinajstić information content (AvgIpc) is 3.13. The largest absolute Gasteiger partial charge is 0.325 e. The molecule has 0 spiro atoms. The standard InChI is InChI=1S/C24H30ClN5OS/c1-6-21(29(4)5)22-27-28-24(30(22)15-18-10-8-7-9-11-18)32-17(3)23(31)26-20-14-19(25)13-12-16(20)2/h7-14,17,21H,6,15H2,1-5H3,(H,26,31). The van der Waals surface area contributed by atoms with Gasteiger partial charge in [-0.15, -0.1) is 10.2 Å². The lowest BCUT2D eigenvalue weighted by Gasteiger charge is -2.23. The number of nitrogens with one attached hydrogen (secondary N) is 1. The van der Waals surface area contributed by atoms with E-state index in [1.807, 2.05) is 58.3 Å². The Hall–Kier alpha value is -2.35. The molecule has 0 bridgehead atoms. The lowest BCUT2D eigenvalue weighted by Crippen LogP contribution is -2.25. The number of nitrogens with zero attached hydrogens (tertiary/aromatic N) is 4. The van der Waals surface area contributed by atoms with E-state index in [2.05, 4.69) is 44.0 Å². The fourth-order valence-corrected chi connectivity index (χ4v) is 4.53. The fraction of sp³-hybridized carbons (Fsp3) is 0.375. The molecule has 3 aromatic rings. The van der Waals surface area contributed by atoms with Gasteiger partial charge in [0.25, 0.3) is 0 Å². The molecule has 1 N–H and O–H groups in total. The number of amides is 1. The first kappa shape index (κ1) is 24.3. The van der Waals surface area contributed by atoms with Crippen molar-refractivity contribution in [1.82, 2.24) is 19.7 Å². The van der Waals surface area contributed by atoms with Gasteiger partial charge in [0.1, 0.15) is 0 Å². The number of hydrogen-bond acceptors (Lipinski definition) is 5. The van der Waals surface area contributed by atoms with Crippen molar-refractivity contribution >= 4 is 35.0 Å². The number of thioether (sulfide) groups is 1. The van der Waals surface area contributed by atoms with Gasteiger partial charge in [-0.05, 0) is 57.6 Å². The first-order chi connectivity index (χ1) is 15.3. The van der Waals surface area contributed by atoms with E-state index in [-0.39, 0.29) is 17.2 Å². The number of carbonyl (C=O) groups excluding carboxylic acids is 1. The quantitative estimate of drug-likeness (QED) is 0.422. The van der Waals surface area contributed by atoms with Crippen LogP contribution in [0, 0.1) is 6.92 Å². The maximum atomic E-state index is 12.9. The van der Waals surface area contributed by atoms with Crippen LogP contribution in [0.5, 0.6) is 0 Å². The van der Waals surface area contributed by atoms with E-state index in [1.54, 1.807) is 6.07 Å². The molecule has 2 unspecified atom stereocenters. The number of rotatable bonds is 9. The minimum Gasteiger partial charge on any atom is -0.325 e. The third-order valence-corrected chi connectivity index (χ3v) is 6.66. The summed E-state index contributed by atoms with van der Waals surface area (Å²) < 4.78 is 2.13. The molecule has 0 saturated carbocycles. The number of anilines is 1. The monoisotopic (exact) mass is 471 g/mol. The predicted molar refractivity (Wildman–Crippen MR) is 132 cm³/mol. The van der Waals surface area contributed by atoms with E-state index in [0.717, 1.165) is 34.2 Å². The Labute approximate surface area is 199 Å². The summed E-state index contributed by atoms with van der Waals surface area (Å²) in [6.45, 7) is 6.61. The average molecular weight is 472 g/mol. The van der Waals surface area contributed by atoms with Gasteiger partial charge in [0.2, 0.25) is 5.91 Å². The predicted octanol–water partition coefficient (Wildman–Crippen LogP) is 5.42. The Bertz CT molecular complexity index is 1050. The molecular weight excluding hydrogens is 442 g/mol. The number of aryl methyl sites for hydroxylation is 1. The SMILES string of the molecule is CCC(c1nnc(SC(C)C(=O)Nc2cc(Cl)ccc2C)n1Cc1ccccc1)N(C)C. The molecule has 1 amide bonds. The lowest BCUT2D eigenvalue weighted by atomic mass is 10.2. The van der Waals surface area contributed by atoms with Crippen LogP contribution in [0.2, 0.25) is 5.02 Å². The number of carbonyl (C=O) groups is 1. The van der Waals surface area contributed by atoms with Crippen LogP contribution in [-0.4, -0.2) is 44.9 Å². The summed E-state index contributed by atoms with van der Waals surface area (Å²) in [7, 11) is 4.10. The topological polar surface area (TPSA) is 63.1 Å². The Morgan fingerprint density at radius 1 is 1.19 bits per heavy atom. The third kappa shape index (κ3) is 5.91. The van der Waals surface area contributed by atoms with E-state index >= 15 is 0 Å². The van der Waals surface area contributed by atoms with Gasteiger partial charge in [-0.3, -0.25) is 9.69 Å². The van der Waals surface area contributed by atoms with Gasteiger partial charge in [-0.25, -0.2) is 0 Å². The zero-order valence-corrected chi connectivity index (χ0v) is 20.7. The molecule has 1 aromatic heterocycles. The summed E-state index contributed by atoms with van der Waals surface area (Å²) in [6, 6.07) is 15.9. The summed E-state index contributed by atoms with van der Waals surface area (Å²) in [4.78, 5) is 15.1. The molecule has 32 heavy (non-hydrogen) atoms. The minimum absolute atomic E-state index is 0.101. The van der Waals surface area contributed by atoms with E-state index < -0.39 is 0 Å². The van der Waals surface area contributed by atoms with Gasteiger partial charge in [0, 0.05) is 10.7 Å². The van der Waals surface area contributed by atoms with Crippen LogP contribution in [0.1, 0.15) is 43.3 Å². The van der Waals surface area contributed by atoms with Crippen LogP contribution in [-0.2, 0) is 11.3 Å². The first-order valence-electron chi connectivity index (χ1n) is 10.7. The summed E-state index contributed by atoms with van der Waals surface area (Å²) in [5.41, 5.74) is 2.85. The second kappa shape index (κ2) is 11.0. The van der Waals surface area contributed by atoms with Crippen molar-refractivity contribution in [3.8, 4) is 0 Å². The van der Waals surface area contributed by atoms with Crippen LogP contribution in [0.3, 0.4) is 0 Å². The second-order valence-electron chi connectivity index (χ2n) is 8.01. The van der Waals surface area contributed by atoms with Crippen molar-refractivity contribution in [2.75, 3.05) is 19.4 Å². The van der Waals surface area contributed by atoms with Gasteiger partial charge >= 0.3 is 0 Å². The van der Waals surface area contributed by atoms with Gasteiger partial charge in [-0.2, -0.15) is 0 Å². The Kier molecular flexibility index (Phi) is 8.34. The molecular formula is C24H30ClN5OS. The third-order valence-electron chi connectivity index (χ3n) is 5.35. The van der Waals surface area contributed by atoms with Crippen LogP contribution in [0.25, 0.3) is 0 Å². The van der Waals surface area contributed by atoms with E-state index in [4.69, 9.17) is 11.6 Å². The molecule has 170 valence electrons. The highest BCUT2D eigenvalue weighted by Gasteiger charge is 2.25. The highest BCUT2D eigenvalue weighted by Crippen LogP contribution is 2.29. The zero-order chi connectivity index (χ0) is 23.3. The highest BCUT2D eigenvalue weighted by atomic mass is 35.5. The molecule has 2 atom stereocenters. The van der Waals surface area contributed by atoms with Crippen LogP contribution < -0.4 is 5.32 Å². The summed E-state index contributed by atoms with van der Waals surface area (Å²) in [6.07, 6.45) is 0.911. The van der Waals surface area contributed by atoms with Crippen molar-refractivity contribution in [2.24, 2.45) is 0 Å². The molecule has 0 saturated heterocycles. The molecule has 3 rings (SSSR count). The fourth-order valence-electron chi connectivity index (χ4n) is 3.50. The van der Waals surface area contributed by atoms with Crippen LogP contribution in [0.15, 0.2) is 53.7 Å². The van der Waals surface area contributed by atoms with Crippen molar-refractivity contribution in [3.63, 3.8) is 0 Å². The number of benzene rings is 2. The molecule has 0 radical (unpaired) electrons. The van der Waals surface area contributed by atoms with Crippen molar-refractivity contribution < 1.29 is 4.79 Å². The van der Waals surface area contributed by atoms with Gasteiger partial charge in [0.05, 0.1) is 17.8 Å². The number of aromatic nitrogens is 3. The van der Waals surface area contributed by atoms with Gasteiger partial charge in [-0.1, -0.05) is 66.7 Å². The maximum Gasteiger partial charge on any atom is 0.237 e. The molecule has 0 fully saturated rings. The van der Waals surface area contributed by atoms with Crippen LogP contribution >= 0.6 is 23.4 Å². The highest BCUT2D eigenvalue weighted by molar-refractivity contribution is 8.00. The number of hydrogen-bond donors (Lipinski definition) is 1. The van der Waals surface area contributed by atoms with Crippen LogP contribution in [0.4, 0.5) is 5.69 Å². The Balaban J connectivity index is 1.85. The summed E-state index contributed by atoms with van der Waals surface area (Å²) in [5.74, 6) is 0.804. The van der Waals surface area contributed by atoms with Crippen molar-refractivity contribution in [2.45, 2.75) is 50.2 Å². The van der Waals surface area contributed by atoms with E-state index in [0.29, 0.717) is 11.6 Å². The molecule has 0 aliphatic carbocycles. The second-order valence-corrected chi connectivity index (χ2v) is 9.75. The Morgan fingerprint density at radius 3 is 2.56 bits per heavy atom. The molecule has 8 heteroatoms. The van der Waals surface area contributed by atoms with Crippen molar-refractivity contribution in [1.29, 1.82) is 0 Å². The van der Waals surface area contributed by atoms with E-state index in [9.17, 15) is 4.79 Å². The molecule has 2 aromatic carbocycles. The summed E-state index contributed by atoms with van der Waals surface area (Å²) >= 11 is 7.51. The lowest BCUT2D eigenvalue weighted by molar-refractivity contribution is -0.115. The summed E-state index contributed by atoms with van der Waals surface area (Å²) in [5, 5.41) is 13.0. The number of halogens is 1. The zero-order valence-electron chi connectivity index (χ0n) is 19.2. The van der Waals surface area contributed by atoms with Gasteiger partial charge in [0.15, 0.2) is 11.0 Å². The normalized spacial score (nSPS) is 13.2. The maximum absolute atomic E-state index is 12.9. The first-order valence-corrected chi connectivity index (χ1v) is 11.9. The molecule has 0 aliphatic heterocycles.